The largest absolute Gasteiger partial charge is 0.481 e. The molecule has 4 nitrogen and oxygen atoms in total. The molecule has 4 aromatic rings. The fraction of sp³-hybridized carbons (Fsp3) is 0.188. The zero-order valence-electron chi connectivity index (χ0n) is 20.9. The van der Waals surface area contributed by atoms with Gasteiger partial charge in [0.2, 0.25) is 0 Å². The second-order valence-corrected chi connectivity index (χ2v) is 9.18. The maximum atomic E-state index is 15.2. The number of carboxylic acid groups (broad SMARTS) is 1. The molecule has 194 valence electrons. The molecule has 0 aliphatic rings. The van der Waals surface area contributed by atoms with Crippen LogP contribution in [0, 0.1) is 0 Å². The summed E-state index contributed by atoms with van der Waals surface area (Å²) in [5.41, 5.74) is 3.77. The van der Waals surface area contributed by atoms with E-state index in [1.165, 1.54) is 29.2 Å². The van der Waals surface area contributed by atoms with Crippen LogP contribution < -0.4 is 0 Å². The summed E-state index contributed by atoms with van der Waals surface area (Å²) in [7, 11) is 0. The molecule has 0 heterocycles. The lowest BCUT2D eigenvalue weighted by atomic mass is 9.97. The molecule has 0 aliphatic carbocycles. The zero-order chi connectivity index (χ0) is 27.0. The van der Waals surface area contributed by atoms with Crippen LogP contribution >= 0.6 is 0 Å². The summed E-state index contributed by atoms with van der Waals surface area (Å²) < 4.78 is 30.5. The predicted molar refractivity (Wildman–Crippen MR) is 144 cm³/mol. The predicted octanol–water partition coefficient (Wildman–Crippen LogP) is 6.73. The quantitative estimate of drug-likeness (QED) is 0.242. The number of aliphatic carboxylic acids is 1. The highest BCUT2D eigenvalue weighted by Crippen LogP contribution is 2.31. The van der Waals surface area contributed by atoms with E-state index in [1.54, 1.807) is 30.3 Å². The van der Waals surface area contributed by atoms with Gasteiger partial charge in [0, 0.05) is 18.7 Å². The van der Waals surface area contributed by atoms with Crippen molar-refractivity contribution in [1.82, 2.24) is 4.90 Å². The summed E-state index contributed by atoms with van der Waals surface area (Å²) in [6, 6.07) is 31.4. The molecule has 0 unspecified atom stereocenters. The van der Waals surface area contributed by atoms with Gasteiger partial charge in [-0.15, -0.1) is 0 Å². The third kappa shape index (κ3) is 6.71. The number of hydrogen-bond donors (Lipinski definition) is 1. The van der Waals surface area contributed by atoms with Crippen LogP contribution in [-0.2, 0) is 34.9 Å². The number of benzene rings is 4. The van der Waals surface area contributed by atoms with E-state index in [1.807, 2.05) is 54.6 Å². The number of carbonyl (C=O) groups excluding carboxylic acids is 1. The van der Waals surface area contributed by atoms with Crippen molar-refractivity contribution in [2.75, 3.05) is 6.54 Å². The number of hydrogen-bond acceptors (Lipinski definition) is 2. The molecule has 0 saturated heterocycles. The summed E-state index contributed by atoms with van der Waals surface area (Å²) in [5, 5.41) is 9.23. The molecule has 1 N–H and O–H groups in total. The average molecular weight is 514 g/mol. The van der Waals surface area contributed by atoms with Gasteiger partial charge in [0.25, 0.3) is 5.91 Å². The van der Waals surface area contributed by atoms with Gasteiger partial charge in [0.05, 0.1) is 6.42 Å². The standard InChI is InChI=1S/C32H29F2NO3/c33-32(34,28-14-5-2-6-15-28)31(38)35(21-9-12-24-10-3-1-4-11-24)23-25-17-19-26(20-18-25)29-16-8-7-13-27(29)22-30(36)37/h1-8,10-11,13-20H,9,12,21-23H2,(H,36,37). The lowest BCUT2D eigenvalue weighted by molar-refractivity contribution is -0.159. The Hall–Kier alpha value is -4.32. The smallest absolute Gasteiger partial charge is 0.349 e. The Morgan fingerprint density at radius 3 is 2.00 bits per heavy atom. The molecule has 0 radical (unpaired) electrons. The van der Waals surface area contributed by atoms with Gasteiger partial charge in [0.1, 0.15) is 0 Å². The molecule has 0 spiro atoms. The number of halogens is 2. The molecule has 0 atom stereocenters. The van der Waals surface area contributed by atoms with E-state index < -0.39 is 17.8 Å². The van der Waals surface area contributed by atoms with Gasteiger partial charge in [0.15, 0.2) is 0 Å². The van der Waals surface area contributed by atoms with Crippen molar-refractivity contribution in [2.45, 2.75) is 31.7 Å². The molecule has 0 saturated carbocycles. The lowest BCUT2D eigenvalue weighted by Crippen LogP contribution is -2.42. The third-order valence-electron chi connectivity index (χ3n) is 6.43. The van der Waals surface area contributed by atoms with E-state index in [4.69, 9.17) is 0 Å². The Balaban J connectivity index is 1.54. The van der Waals surface area contributed by atoms with Crippen LogP contribution in [0.3, 0.4) is 0 Å². The summed E-state index contributed by atoms with van der Waals surface area (Å²) in [5.74, 6) is -5.80. The van der Waals surface area contributed by atoms with E-state index in [-0.39, 0.29) is 25.1 Å². The maximum Gasteiger partial charge on any atom is 0.349 e. The summed E-state index contributed by atoms with van der Waals surface area (Å²) in [4.78, 5) is 25.6. The van der Waals surface area contributed by atoms with Gasteiger partial charge in [-0.1, -0.05) is 109 Å². The van der Waals surface area contributed by atoms with E-state index in [2.05, 4.69) is 0 Å². The Kier molecular flexibility index (Phi) is 8.64. The second-order valence-electron chi connectivity index (χ2n) is 9.18. The van der Waals surface area contributed by atoms with Crippen LogP contribution in [0.15, 0.2) is 109 Å². The first-order valence-corrected chi connectivity index (χ1v) is 12.5. The van der Waals surface area contributed by atoms with Crippen molar-refractivity contribution >= 4 is 11.9 Å². The van der Waals surface area contributed by atoms with Crippen molar-refractivity contribution in [3.8, 4) is 11.1 Å². The van der Waals surface area contributed by atoms with Crippen molar-refractivity contribution < 1.29 is 23.5 Å². The van der Waals surface area contributed by atoms with E-state index in [0.29, 0.717) is 24.0 Å². The molecule has 4 aromatic carbocycles. The molecular formula is C32H29F2NO3. The van der Waals surface area contributed by atoms with E-state index in [9.17, 15) is 14.7 Å². The number of nitrogens with zero attached hydrogens (tertiary/aromatic N) is 1. The summed E-state index contributed by atoms with van der Waals surface area (Å²) in [6.45, 7) is 0.215. The number of aryl methyl sites for hydroxylation is 1. The monoisotopic (exact) mass is 513 g/mol. The highest BCUT2D eigenvalue weighted by Gasteiger charge is 2.43. The van der Waals surface area contributed by atoms with Gasteiger partial charge in [-0.25, -0.2) is 0 Å². The number of alkyl halides is 2. The topological polar surface area (TPSA) is 57.6 Å². The van der Waals surface area contributed by atoms with Crippen LogP contribution in [0.25, 0.3) is 11.1 Å². The van der Waals surface area contributed by atoms with Crippen LogP contribution in [-0.4, -0.2) is 28.4 Å². The molecule has 38 heavy (non-hydrogen) atoms. The first-order chi connectivity index (χ1) is 18.3. The van der Waals surface area contributed by atoms with Gasteiger partial charge >= 0.3 is 11.9 Å². The molecule has 1 amide bonds. The highest BCUT2D eigenvalue weighted by atomic mass is 19.3. The molecule has 4 rings (SSSR count). The van der Waals surface area contributed by atoms with E-state index in [0.717, 1.165) is 16.7 Å². The molecule has 0 bridgehead atoms. The molecule has 0 aliphatic heterocycles. The minimum Gasteiger partial charge on any atom is -0.481 e. The second kappa shape index (κ2) is 12.3. The van der Waals surface area contributed by atoms with Gasteiger partial charge in [-0.2, -0.15) is 8.78 Å². The van der Waals surface area contributed by atoms with Crippen LogP contribution in [0.5, 0.6) is 0 Å². The minimum absolute atomic E-state index is 0.0348. The summed E-state index contributed by atoms with van der Waals surface area (Å²) >= 11 is 0. The Labute approximate surface area is 221 Å². The molecule has 6 heteroatoms. The first-order valence-electron chi connectivity index (χ1n) is 12.5. The van der Waals surface area contributed by atoms with Crippen molar-refractivity contribution in [3.05, 3.63) is 131 Å². The lowest BCUT2D eigenvalue weighted by Gasteiger charge is -2.27. The highest BCUT2D eigenvalue weighted by molar-refractivity contribution is 5.85. The average Bonchev–Trinajstić information content (AvgIpc) is 2.93. The fourth-order valence-electron chi connectivity index (χ4n) is 4.47. The number of carboxylic acids is 1. The Morgan fingerprint density at radius 1 is 0.737 bits per heavy atom. The molecular weight excluding hydrogens is 484 g/mol. The molecule has 0 fully saturated rings. The first kappa shape index (κ1) is 26.7. The molecule has 0 aromatic heterocycles. The van der Waals surface area contributed by atoms with Crippen molar-refractivity contribution in [1.29, 1.82) is 0 Å². The Morgan fingerprint density at radius 2 is 1.34 bits per heavy atom. The van der Waals surface area contributed by atoms with Crippen molar-refractivity contribution in [2.24, 2.45) is 0 Å². The normalized spacial score (nSPS) is 11.2. The third-order valence-corrected chi connectivity index (χ3v) is 6.43. The number of carbonyl (C=O) groups is 2. The van der Waals surface area contributed by atoms with Gasteiger partial charge < -0.3 is 10.0 Å². The minimum atomic E-state index is -3.65. The van der Waals surface area contributed by atoms with Crippen LogP contribution in [0.1, 0.15) is 28.7 Å². The van der Waals surface area contributed by atoms with Crippen LogP contribution in [0.4, 0.5) is 8.78 Å². The van der Waals surface area contributed by atoms with Gasteiger partial charge in [-0.3, -0.25) is 9.59 Å². The van der Waals surface area contributed by atoms with Crippen LogP contribution in [0.2, 0.25) is 0 Å². The van der Waals surface area contributed by atoms with Gasteiger partial charge in [-0.05, 0) is 40.7 Å². The number of rotatable bonds is 11. The summed E-state index contributed by atoms with van der Waals surface area (Å²) in [6.07, 6.45) is 1.11. The zero-order valence-corrected chi connectivity index (χ0v) is 20.9. The fourth-order valence-corrected chi connectivity index (χ4v) is 4.47. The SMILES string of the molecule is O=C(O)Cc1ccccc1-c1ccc(CN(CCCc2ccccc2)C(=O)C(F)(F)c2ccccc2)cc1. The maximum absolute atomic E-state index is 15.2. The Bertz CT molecular complexity index is 1360. The number of amides is 1. The van der Waals surface area contributed by atoms with E-state index >= 15 is 8.78 Å². The van der Waals surface area contributed by atoms with Crippen molar-refractivity contribution in [3.63, 3.8) is 0 Å².